The van der Waals surface area contributed by atoms with E-state index in [0.717, 1.165) is 12.8 Å². The van der Waals surface area contributed by atoms with Crippen LogP contribution in [0.25, 0.3) is 0 Å². The van der Waals surface area contributed by atoms with Crippen molar-refractivity contribution in [3.63, 3.8) is 0 Å². The van der Waals surface area contributed by atoms with Gasteiger partial charge in [-0.2, -0.15) is 0 Å². The second kappa shape index (κ2) is 11.5. The van der Waals surface area contributed by atoms with E-state index in [2.05, 4.69) is 10.6 Å². The number of unbranched alkanes of at least 4 members (excludes halogenated alkanes) is 1. The lowest BCUT2D eigenvalue weighted by Crippen LogP contribution is -2.55. The van der Waals surface area contributed by atoms with Gasteiger partial charge < -0.3 is 46.6 Å². The Morgan fingerprint density at radius 1 is 1.23 bits per heavy atom. The number of nitrogens with two attached hydrogens (primary N) is 1. The van der Waals surface area contributed by atoms with E-state index in [-0.39, 0.29) is 16.4 Å². The summed E-state index contributed by atoms with van der Waals surface area (Å²) >= 11 is 5.25. The minimum absolute atomic E-state index is 0.104. The lowest BCUT2D eigenvalue weighted by atomic mass is 9.90. The fourth-order valence-electron chi connectivity index (χ4n) is 3.23. The molecule has 9 N–H and O–H groups in total. The Kier molecular flexibility index (Phi) is 9.37. The van der Waals surface area contributed by atoms with E-state index >= 15 is 0 Å². The average Bonchev–Trinajstić information content (AvgIpc) is 2.73. The number of benzene rings is 1. The van der Waals surface area contributed by atoms with E-state index in [9.17, 15) is 30.3 Å². The summed E-state index contributed by atoms with van der Waals surface area (Å²) in [4.78, 5) is 11.2. The van der Waals surface area contributed by atoms with Crippen LogP contribution in [0.1, 0.15) is 30.9 Å². The van der Waals surface area contributed by atoms with Crippen LogP contribution in [0, 0.1) is 0 Å². The first-order valence-electron chi connectivity index (χ1n) is 9.61. The van der Waals surface area contributed by atoms with Gasteiger partial charge in [0.1, 0.15) is 36.3 Å². The SMILES string of the molecule is NCCCC[C@@H]([C]=O)NC(=S)Nc1ccc(O)cc1[C@H]1O[C@H](CO)[C@@H](O)[C@H](O)[C@H]1O. The molecule has 6 atom stereocenters. The fourth-order valence-corrected chi connectivity index (χ4v) is 3.48. The van der Waals surface area contributed by atoms with Crippen LogP contribution in [0.4, 0.5) is 5.69 Å². The molecule has 2 rings (SSSR count). The summed E-state index contributed by atoms with van der Waals surface area (Å²) in [5.41, 5.74) is 6.03. The molecule has 0 amide bonds. The molecule has 0 aliphatic carbocycles. The highest BCUT2D eigenvalue weighted by molar-refractivity contribution is 7.80. The number of carbonyl (C=O) groups excluding carboxylic acids is 1. The summed E-state index contributed by atoms with van der Waals surface area (Å²) in [6.07, 6.45) is -3.02. The molecule has 1 radical (unpaired) electrons. The highest BCUT2D eigenvalue weighted by Gasteiger charge is 2.44. The van der Waals surface area contributed by atoms with E-state index in [0.29, 0.717) is 18.7 Å². The van der Waals surface area contributed by atoms with Gasteiger partial charge in [0.2, 0.25) is 6.29 Å². The van der Waals surface area contributed by atoms with E-state index in [1.165, 1.54) is 18.2 Å². The largest absolute Gasteiger partial charge is 0.508 e. The molecule has 1 fully saturated rings. The standard InChI is InChI=1S/C19H28N3O7S/c20-6-2-1-3-10(8-23)21-19(30)22-13-5-4-11(25)7-12(13)18-17(28)16(27)15(26)14(9-24)29-18/h4-5,7,10,14-18,24-28H,1-3,6,9,20H2,(H2,21,22,30)/t10-,14+,15+,16-,17+,18+/m0/s1. The molecule has 0 saturated carbocycles. The normalized spacial score (nSPS) is 27.3. The molecule has 0 aromatic heterocycles. The van der Waals surface area contributed by atoms with Crippen molar-refractivity contribution in [3.05, 3.63) is 23.8 Å². The van der Waals surface area contributed by atoms with Crippen LogP contribution in [0.3, 0.4) is 0 Å². The predicted molar refractivity (Wildman–Crippen MR) is 113 cm³/mol. The first-order chi connectivity index (χ1) is 14.3. The van der Waals surface area contributed by atoms with E-state index in [4.69, 9.17) is 22.7 Å². The number of aliphatic hydroxyl groups excluding tert-OH is 4. The van der Waals surface area contributed by atoms with Crippen molar-refractivity contribution in [2.75, 3.05) is 18.5 Å². The molecule has 10 nitrogen and oxygen atoms in total. The Bertz CT molecular complexity index is 721. The number of hydrogen-bond acceptors (Lipinski definition) is 9. The van der Waals surface area contributed by atoms with Crippen LogP contribution in [0.5, 0.6) is 5.75 Å². The molecule has 1 aliphatic rings. The smallest absolute Gasteiger partial charge is 0.222 e. The highest BCUT2D eigenvalue weighted by Crippen LogP contribution is 2.37. The van der Waals surface area contributed by atoms with Crippen LogP contribution in [0.2, 0.25) is 0 Å². The van der Waals surface area contributed by atoms with Crippen molar-refractivity contribution < 1.29 is 35.1 Å². The minimum Gasteiger partial charge on any atom is -0.508 e. The monoisotopic (exact) mass is 442 g/mol. The third kappa shape index (κ3) is 6.08. The molecule has 0 spiro atoms. The number of nitrogens with one attached hydrogen (secondary N) is 2. The molecular formula is C19H28N3O7S. The summed E-state index contributed by atoms with van der Waals surface area (Å²) in [5.74, 6) is -0.132. The minimum atomic E-state index is -1.57. The molecule has 0 unspecified atom stereocenters. The number of phenols is 1. The van der Waals surface area contributed by atoms with Crippen LogP contribution >= 0.6 is 12.2 Å². The van der Waals surface area contributed by atoms with Gasteiger partial charge in [-0.15, -0.1) is 0 Å². The second-order valence-corrected chi connectivity index (χ2v) is 7.48. The number of rotatable bonds is 9. The Labute approximate surface area is 179 Å². The Morgan fingerprint density at radius 3 is 2.60 bits per heavy atom. The van der Waals surface area contributed by atoms with Crippen LogP contribution in [-0.4, -0.2) is 80.5 Å². The quantitative estimate of drug-likeness (QED) is 0.131. The maximum atomic E-state index is 11.2. The third-order valence-corrected chi connectivity index (χ3v) is 5.10. The molecular weight excluding hydrogens is 414 g/mol. The van der Waals surface area contributed by atoms with Gasteiger partial charge in [-0.25, -0.2) is 0 Å². The van der Waals surface area contributed by atoms with Gasteiger partial charge in [0.15, 0.2) is 5.11 Å². The van der Waals surface area contributed by atoms with Gasteiger partial charge in [0.25, 0.3) is 0 Å². The summed E-state index contributed by atoms with van der Waals surface area (Å²) in [7, 11) is 0. The summed E-state index contributed by atoms with van der Waals surface area (Å²) in [6, 6.07) is 3.53. The summed E-state index contributed by atoms with van der Waals surface area (Å²) in [6.45, 7) is -0.0626. The third-order valence-electron chi connectivity index (χ3n) is 4.88. The Balaban J connectivity index is 2.18. The van der Waals surface area contributed by atoms with Crippen molar-refractivity contribution in [1.82, 2.24) is 5.32 Å². The van der Waals surface area contributed by atoms with Gasteiger partial charge >= 0.3 is 0 Å². The van der Waals surface area contributed by atoms with Crippen LogP contribution < -0.4 is 16.4 Å². The zero-order valence-electron chi connectivity index (χ0n) is 16.3. The fraction of sp³-hybridized carbons (Fsp3) is 0.579. The molecule has 1 heterocycles. The number of thiocarbonyl (C=S) groups is 1. The first kappa shape index (κ1) is 24.4. The predicted octanol–water partition coefficient (Wildman–Crippen LogP) is -1.20. The number of hydrogen-bond donors (Lipinski definition) is 8. The van der Waals surface area contributed by atoms with Gasteiger partial charge in [-0.3, -0.25) is 4.79 Å². The number of ether oxygens (including phenoxy) is 1. The molecule has 30 heavy (non-hydrogen) atoms. The molecule has 1 saturated heterocycles. The first-order valence-corrected chi connectivity index (χ1v) is 10.0. The maximum absolute atomic E-state index is 11.2. The lowest BCUT2D eigenvalue weighted by molar-refractivity contribution is -0.231. The van der Waals surface area contributed by atoms with Crippen molar-refractivity contribution >= 4 is 29.3 Å². The summed E-state index contributed by atoms with van der Waals surface area (Å²) < 4.78 is 5.56. The highest BCUT2D eigenvalue weighted by atomic mass is 32.1. The van der Waals surface area contributed by atoms with E-state index < -0.39 is 43.2 Å². The number of aromatic hydroxyl groups is 1. The lowest BCUT2D eigenvalue weighted by Gasteiger charge is -2.40. The van der Waals surface area contributed by atoms with Gasteiger partial charge in [-0.1, -0.05) is 0 Å². The molecule has 1 aromatic rings. The number of phenolic OH excluding ortho intramolecular Hbond substituents is 1. The second-order valence-electron chi connectivity index (χ2n) is 7.07. The van der Waals surface area contributed by atoms with E-state index in [1.54, 1.807) is 0 Å². The van der Waals surface area contributed by atoms with Gasteiger partial charge in [0, 0.05) is 11.3 Å². The van der Waals surface area contributed by atoms with Crippen molar-refractivity contribution in [1.29, 1.82) is 0 Å². The Morgan fingerprint density at radius 2 is 1.97 bits per heavy atom. The van der Waals surface area contributed by atoms with Crippen molar-refractivity contribution in [2.45, 2.75) is 55.8 Å². The maximum Gasteiger partial charge on any atom is 0.222 e. The molecule has 11 heteroatoms. The van der Waals surface area contributed by atoms with Gasteiger partial charge in [0.05, 0.1) is 12.6 Å². The van der Waals surface area contributed by atoms with E-state index in [1.807, 2.05) is 6.29 Å². The molecule has 0 bridgehead atoms. The molecule has 1 aliphatic heterocycles. The van der Waals surface area contributed by atoms with Crippen LogP contribution in [-0.2, 0) is 9.53 Å². The van der Waals surface area contributed by atoms with Crippen molar-refractivity contribution in [2.24, 2.45) is 5.73 Å². The Hall–Kier alpha value is -1.86. The zero-order valence-corrected chi connectivity index (χ0v) is 17.1. The van der Waals surface area contributed by atoms with Gasteiger partial charge in [-0.05, 0) is 56.2 Å². The molecule has 167 valence electrons. The topological polar surface area (TPSA) is 178 Å². The average molecular weight is 443 g/mol. The number of anilines is 1. The zero-order chi connectivity index (χ0) is 22.3. The molecule has 1 aromatic carbocycles. The number of aliphatic hydroxyl groups is 4. The van der Waals surface area contributed by atoms with Crippen molar-refractivity contribution in [3.8, 4) is 5.75 Å². The van der Waals surface area contributed by atoms with Crippen LogP contribution in [0.15, 0.2) is 18.2 Å². The summed E-state index contributed by atoms with van der Waals surface area (Å²) in [5, 5.41) is 55.5.